The largest absolute Gasteiger partial charge is 0.344 e. The van der Waals surface area contributed by atoms with Crippen LogP contribution in [0.25, 0.3) is 0 Å². The van der Waals surface area contributed by atoms with Crippen LogP contribution in [0.2, 0.25) is 0 Å². The molecular formula is C20H24N4O3. The van der Waals surface area contributed by atoms with Gasteiger partial charge in [0, 0.05) is 51.2 Å². The Morgan fingerprint density at radius 2 is 1.78 bits per heavy atom. The smallest absolute Gasteiger partial charge is 0.242 e. The van der Waals surface area contributed by atoms with Crippen molar-refractivity contribution in [1.82, 2.24) is 9.88 Å². The molecule has 27 heavy (non-hydrogen) atoms. The first-order valence-corrected chi connectivity index (χ1v) is 8.65. The van der Waals surface area contributed by atoms with Crippen LogP contribution in [0.15, 0.2) is 48.8 Å². The summed E-state index contributed by atoms with van der Waals surface area (Å²) in [5.41, 5.74) is 2.23. The number of amides is 3. The Morgan fingerprint density at radius 1 is 1.07 bits per heavy atom. The highest BCUT2D eigenvalue weighted by atomic mass is 16.2. The lowest BCUT2D eigenvalue weighted by molar-refractivity contribution is -0.130. The molecule has 2 rings (SSSR count). The fraction of sp³-hybridized carbons (Fsp3) is 0.300. The van der Waals surface area contributed by atoms with Crippen LogP contribution in [0.3, 0.4) is 0 Å². The molecule has 3 amide bonds. The average molecular weight is 368 g/mol. The van der Waals surface area contributed by atoms with Crippen LogP contribution < -0.4 is 10.2 Å². The second-order valence-corrected chi connectivity index (χ2v) is 6.26. The summed E-state index contributed by atoms with van der Waals surface area (Å²) in [7, 11) is 1.72. The van der Waals surface area contributed by atoms with E-state index < -0.39 is 0 Å². The van der Waals surface area contributed by atoms with Crippen molar-refractivity contribution in [1.29, 1.82) is 0 Å². The molecule has 7 nitrogen and oxygen atoms in total. The number of benzene rings is 1. The van der Waals surface area contributed by atoms with Crippen LogP contribution in [0.1, 0.15) is 19.4 Å². The van der Waals surface area contributed by atoms with Gasteiger partial charge in [-0.15, -0.1) is 0 Å². The van der Waals surface area contributed by atoms with Crippen molar-refractivity contribution in [3.05, 3.63) is 54.4 Å². The van der Waals surface area contributed by atoms with Gasteiger partial charge in [0.05, 0.1) is 0 Å². The summed E-state index contributed by atoms with van der Waals surface area (Å²) in [6.45, 7) is 3.30. The molecule has 0 unspecified atom stereocenters. The van der Waals surface area contributed by atoms with Crippen molar-refractivity contribution in [2.24, 2.45) is 0 Å². The van der Waals surface area contributed by atoms with Gasteiger partial charge in [-0.2, -0.15) is 0 Å². The number of aromatic nitrogens is 1. The van der Waals surface area contributed by atoms with E-state index in [1.165, 1.54) is 18.7 Å². The number of rotatable bonds is 7. The number of carbonyl (C=O) groups excluding carboxylic acids is 3. The highest BCUT2D eigenvalue weighted by Crippen LogP contribution is 2.20. The highest BCUT2D eigenvalue weighted by molar-refractivity contribution is 5.98. The average Bonchev–Trinajstić information content (AvgIpc) is 2.64. The number of anilines is 2. The van der Waals surface area contributed by atoms with Gasteiger partial charge in [0.1, 0.15) is 6.54 Å². The summed E-state index contributed by atoms with van der Waals surface area (Å²) >= 11 is 0. The molecule has 0 aliphatic heterocycles. The third-order valence-electron chi connectivity index (χ3n) is 4.06. The Hall–Kier alpha value is -3.22. The minimum atomic E-state index is -0.245. The van der Waals surface area contributed by atoms with Crippen molar-refractivity contribution in [2.75, 3.05) is 30.4 Å². The molecule has 0 spiro atoms. The Bertz CT molecular complexity index is 808. The van der Waals surface area contributed by atoms with Crippen LogP contribution in [0.5, 0.6) is 0 Å². The third kappa shape index (κ3) is 6.22. The van der Waals surface area contributed by atoms with Gasteiger partial charge in [-0.25, -0.2) is 0 Å². The van der Waals surface area contributed by atoms with Gasteiger partial charge >= 0.3 is 0 Å². The van der Waals surface area contributed by atoms with Crippen molar-refractivity contribution in [3.8, 4) is 0 Å². The Balaban J connectivity index is 2.03. The maximum Gasteiger partial charge on any atom is 0.242 e. The molecule has 1 heterocycles. The number of hydrogen-bond donors (Lipinski definition) is 1. The summed E-state index contributed by atoms with van der Waals surface area (Å²) in [5, 5.41) is 2.68. The van der Waals surface area contributed by atoms with Crippen LogP contribution in [-0.2, 0) is 20.8 Å². The minimum Gasteiger partial charge on any atom is -0.344 e. The summed E-state index contributed by atoms with van der Waals surface area (Å²) in [5.74, 6) is -0.608. The zero-order valence-electron chi connectivity index (χ0n) is 15.8. The molecule has 142 valence electrons. The number of pyridine rings is 1. The lowest BCUT2D eigenvalue weighted by Gasteiger charge is -2.25. The van der Waals surface area contributed by atoms with E-state index in [4.69, 9.17) is 0 Å². The van der Waals surface area contributed by atoms with Gasteiger partial charge < -0.3 is 15.1 Å². The molecule has 0 aliphatic carbocycles. The molecule has 0 radical (unpaired) electrons. The molecule has 0 fully saturated rings. The number of carbonyl (C=O) groups is 3. The van der Waals surface area contributed by atoms with E-state index in [1.807, 2.05) is 12.1 Å². The highest BCUT2D eigenvalue weighted by Gasteiger charge is 2.19. The summed E-state index contributed by atoms with van der Waals surface area (Å²) in [6, 6.07) is 10.7. The molecular weight excluding hydrogens is 344 g/mol. The molecule has 0 aliphatic rings. The first-order valence-electron chi connectivity index (χ1n) is 8.65. The molecule has 1 N–H and O–H groups in total. The molecule has 0 saturated carbocycles. The third-order valence-corrected chi connectivity index (χ3v) is 4.06. The molecule has 0 saturated heterocycles. The molecule has 2 aromatic rings. The predicted molar refractivity (Wildman–Crippen MR) is 104 cm³/mol. The first kappa shape index (κ1) is 20.1. The molecule has 0 bridgehead atoms. The molecule has 7 heteroatoms. The number of nitrogens with zero attached hydrogens (tertiary/aromatic N) is 3. The van der Waals surface area contributed by atoms with Gasteiger partial charge in [0.15, 0.2) is 0 Å². The zero-order valence-corrected chi connectivity index (χ0v) is 15.8. The standard InChI is InChI=1S/C20H24N4O3/c1-15(25)22-18-5-4-6-19(13-18)24(16(2)26)14-20(27)23(3)12-9-17-7-10-21-11-8-17/h4-8,10-11,13H,9,12,14H2,1-3H3,(H,22,25). The second-order valence-electron chi connectivity index (χ2n) is 6.26. The topological polar surface area (TPSA) is 82.6 Å². The zero-order chi connectivity index (χ0) is 19.8. The summed E-state index contributed by atoms with van der Waals surface area (Å²) in [4.78, 5) is 42.8. The maximum atomic E-state index is 12.6. The van der Waals surface area contributed by atoms with Crippen molar-refractivity contribution < 1.29 is 14.4 Å². The number of likely N-dealkylation sites (N-methyl/N-ethyl adjacent to an activating group) is 1. The van der Waals surface area contributed by atoms with Crippen LogP contribution in [-0.4, -0.2) is 47.7 Å². The van der Waals surface area contributed by atoms with Crippen LogP contribution >= 0.6 is 0 Å². The lowest BCUT2D eigenvalue weighted by Crippen LogP contribution is -2.41. The quantitative estimate of drug-likeness (QED) is 0.811. The van der Waals surface area contributed by atoms with E-state index in [0.29, 0.717) is 24.3 Å². The molecule has 1 aromatic carbocycles. The Labute approximate surface area is 159 Å². The van der Waals surface area contributed by atoms with Crippen LogP contribution in [0.4, 0.5) is 11.4 Å². The van der Waals surface area contributed by atoms with Crippen LogP contribution in [0, 0.1) is 0 Å². The summed E-state index contributed by atoms with van der Waals surface area (Å²) < 4.78 is 0. The number of hydrogen-bond acceptors (Lipinski definition) is 4. The molecule has 0 atom stereocenters. The van der Waals surface area contributed by atoms with E-state index in [1.54, 1.807) is 48.6 Å². The van der Waals surface area contributed by atoms with Crippen molar-refractivity contribution in [3.63, 3.8) is 0 Å². The second kappa shape index (κ2) is 9.47. The van der Waals surface area contributed by atoms with E-state index in [-0.39, 0.29) is 24.3 Å². The minimum absolute atomic E-state index is 0.0638. The monoisotopic (exact) mass is 368 g/mol. The van der Waals surface area contributed by atoms with Gasteiger partial charge in [-0.05, 0) is 42.3 Å². The predicted octanol–water partition coefficient (Wildman–Crippen LogP) is 2.09. The lowest BCUT2D eigenvalue weighted by atomic mass is 10.2. The van der Waals surface area contributed by atoms with E-state index >= 15 is 0 Å². The van der Waals surface area contributed by atoms with E-state index in [0.717, 1.165) is 5.56 Å². The van der Waals surface area contributed by atoms with Gasteiger partial charge in [0.2, 0.25) is 17.7 Å². The van der Waals surface area contributed by atoms with Gasteiger partial charge in [-0.3, -0.25) is 19.4 Å². The van der Waals surface area contributed by atoms with Gasteiger partial charge in [-0.1, -0.05) is 6.07 Å². The summed E-state index contributed by atoms with van der Waals surface area (Å²) in [6.07, 6.45) is 4.15. The molecule has 1 aromatic heterocycles. The fourth-order valence-electron chi connectivity index (χ4n) is 2.57. The van der Waals surface area contributed by atoms with E-state index in [9.17, 15) is 14.4 Å². The normalized spacial score (nSPS) is 10.2. The fourth-order valence-corrected chi connectivity index (χ4v) is 2.57. The Morgan fingerprint density at radius 3 is 2.41 bits per heavy atom. The SMILES string of the molecule is CC(=O)Nc1cccc(N(CC(=O)N(C)CCc2ccncc2)C(C)=O)c1. The first-order chi connectivity index (χ1) is 12.9. The maximum absolute atomic E-state index is 12.6. The van der Waals surface area contributed by atoms with E-state index in [2.05, 4.69) is 10.3 Å². The van der Waals surface area contributed by atoms with Crippen molar-refractivity contribution in [2.45, 2.75) is 20.3 Å². The van der Waals surface area contributed by atoms with Gasteiger partial charge in [0.25, 0.3) is 0 Å². The Kier molecular flexibility index (Phi) is 7.05. The number of nitrogens with one attached hydrogen (secondary N) is 1. The van der Waals surface area contributed by atoms with Crippen molar-refractivity contribution >= 4 is 29.1 Å².